The van der Waals surface area contributed by atoms with Crippen LogP contribution in [0, 0.1) is 6.92 Å². The highest BCUT2D eigenvalue weighted by Crippen LogP contribution is 2.29. The Morgan fingerprint density at radius 1 is 0.929 bits per heavy atom. The summed E-state index contributed by atoms with van der Waals surface area (Å²) in [7, 11) is 0. The molecule has 4 nitrogen and oxygen atoms in total. The molecule has 0 atom stereocenters. The monoisotopic (exact) mass is 396 g/mol. The molecule has 3 aromatic carbocycles. The van der Waals surface area contributed by atoms with Crippen LogP contribution in [0.25, 0.3) is 0 Å². The van der Waals surface area contributed by atoms with E-state index >= 15 is 0 Å². The Hall–Kier alpha value is -3.18. The van der Waals surface area contributed by atoms with Gasteiger partial charge in [-0.3, -0.25) is 9.59 Å². The number of hydrogen-bond acceptors (Lipinski definition) is 3. The maximum Gasteiger partial charge on any atom is 0.255 e. The molecule has 0 spiro atoms. The van der Waals surface area contributed by atoms with Gasteiger partial charge in [0.25, 0.3) is 5.91 Å². The average molecular weight is 397 g/mol. The minimum absolute atomic E-state index is 0.148. The lowest BCUT2D eigenvalue weighted by atomic mass is 9.99. The van der Waals surface area contributed by atoms with Crippen LogP contribution in [0.15, 0.2) is 66.7 Å². The fourth-order valence-corrected chi connectivity index (χ4v) is 3.06. The van der Waals surface area contributed by atoms with Crippen LogP contribution < -0.4 is 10.6 Å². The summed E-state index contributed by atoms with van der Waals surface area (Å²) in [5.74, 6) is -0.878. The van der Waals surface area contributed by atoms with Gasteiger partial charge in [0.2, 0.25) is 0 Å². The van der Waals surface area contributed by atoms with Crippen LogP contribution in [0.1, 0.15) is 21.5 Å². The zero-order valence-corrected chi connectivity index (χ0v) is 15.9. The van der Waals surface area contributed by atoms with Crippen molar-refractivity contribution in [1.29, 1.82) is 0 Å². The maximum absolute atomic E-state index is 12.8. The van der Waals surface area contributed by atoms with Crippen molar-refractivity contribution in [2.45, 2.75) is 6.92 Å². The maximum atomic E-state index is 12.8. The van der Waals surface area contributed by atoms with Gasteiger partial charge in [0.05, 0.1) is 16.4 Å². The number of benzene rings is 3. The third-order valence-electron chi connectivity index (χ3n) is 4.20. The highest BCUT2D eigenvalue weighted by Gasteiger charge is 2.15. The van der Waals surface area contributed by atoms with Gasteiger partial charge in [0, 0.05) is 16.8 Å². The summed E-state index contributed by atoms with van der Waals surface area (Å²) >= 11 is 6.36. The van der Waals surface area contributed by atoms with Gasteiger partial charge in [-0.25, -0.2) is 4.39 Å². The molecule has 0 bridgehead atoms. The van der Waals surface area contributed by atoms with E-state index in [4.69, 9.17) is 11.6 Å². The fraction of sp³-hybridized carbons (Fsp3) is 0.0909. The number of carbonyl (C=O) groups excluding carboxylic acids is 2. The van der Waals surface area contributed by atoms with Crippen molar-refractivity contribution in [2.75, 3.05) is 17.3 Å². The average Bonchev–Trinajstić information content (AvgIpc) is 2.69. The van der Waals surface area contributed by atoms with Gasteiger partial charge in [0.1, 0.15) is 0 Å². The largest absolute Gasteiger partial charge is 0.354 e. The smallest absolute Gasteiger partial charge is 0.255 e. The highest BCUT2D eigenvalue weighted by atomic mass is 35.5. The van der Waals surface area contributed by atoms with E-state index in [1.54, 1.807) is 48.5 Å². The van der Waals surface area contributed by atoms with Crippen LogP contribution in [0.5, 0.6) is 0 Å². The number of hydrogen-bond donors (Lipinski definition) is 2. The second-order valence-corrected chi connectivity index (χ2v) is 6.60. The SMILES string of the molecule is Cc1ccccc1C(=O)c1ccc(Nc2ccccc2NC(=O)CF)cc1Cl. The number of anilines is 3. The molecule has 6 heteroatoms. The normalized spacial score (nSPS) is 10.4. The topological polar surface area (TPSA) is 58.2 Å². The summed E-state index contributed by atoms with van der Waals surface area (Å²) in [6, 6.07) is 19.3. The summed E-state index contributed by atoms with van der Waals surface area (Å²) in [6.45, 7) is 0.773. The molecule has 0 aliphatic rings. The molecule has 1 amide bonds. The Morgan fingerprint density at radius 3 is 2.29 bits per heavy atom. The van der Waals surface area contributed by atoms with Gasteiger partial charge in [-0.1, -0.05) is 48.0 Å². The molecule has 2 N–H and O–H groups in total. The molecule has 0 saturated carbocycles. The Balaban J connectivity index is 1.85. The number of carbonyl (C=O) groups is 2. The first-order chi connectivity index (χ1) is 13.5. The molecule has 0 saturated heterocycles. The van der Waals surface area contributed by atoms with Crippen LogP contribution in [0.4, 0.5) is 21.5 Å². The van der Waals surface area contributed by atoms with Gasteiger partial charge in [-0.05, 0) is 42.8 Å². The number of alkyl halides is 1. The van der Waals surface area contributed by atoms with E-state index in [9.17, 15) is 14.0 Å². The van der Waals surface area contributed by atoms with Crippen LogP contribution in [-0.4, -0.2) is 18.4 Å². The van der Waals surface area contributed by atoms with Crippen LogP contribution >= 0.6 is 11.6 Å². The molecule has 0 fully saturated rings. The number of rotatable bonds is 6. The Morgan fingerprint density at radius 2 is 1.61 bits per heavy atom. The van der Waals surface area contributed by atoms with Gasteiger partial charge in [-0.2, -0.15) is 0 Å². The highest BCUT2D eigenvalue weighted by molar-refractivity contribution is 6.35. The molecule has 0 aliphatic heterocycles. The summed E-state index contributed by atoms with van der Waals surface area (Å²) in [5.41, 5.74) is 3.54. The summed E-state index contributed by atoms with van der Waals surface area (Å²) < 4.78 is 12.5. The van der Waals surface area contributed by atoms with Crippen molar-refractivity contribution in [3.8, 4) is 0 Å². The Kier molecular flexibility index (Phi) is 6.06. The van der Waals surface area contributed by atoms with Crippen molar-refractivity contribution in [1.82, 2.24) is 0 Å². The molecule has 0 unspecified atom stereocenters. The lowest BCUT2D eigenvalue weighted by Gasteiger charge is -2.14. The van der Waals surface area contributed by atoms with Crippen molar-refractivity contribution < 1.29 is 14.0 Å². The van der Waals surface area contributed by atoms with E-state index in [2.05, 4.69) is 10.6 Å². The van der Waals surface area contributed by atoms with Gasteiger partial charge in [0.15, 0.2) is 12.5 Å². The van der Waals surface area contributed by atoms with Crippen molar-refractivity contribution in [2.24, 2.45) is 0 Å². The zero-order valence-electron chi connectivity index (χ0n) is 15.1. The second kappa shape index (κ2) is 8.67. The number of ketones is 1. The number of nitrogens with one attached hydrogen (secondary N) is 2. The molecule has 3 aromatic rings. The van der Waals surface area contributed by atoms with E-state index in [-0.39, 0.29) is 5.78 Å². The van der Waals surface area contributed by atoms with Gasteiger partial charge >= 0.3 is 0 Å². The van der Waals surface area contributed by atoms with Gasteiger partial charge < -0.3 is 10.6 Å². The minimum atomic E-state index is -1.10. The number of amides is 1. The molecule has 0 aliphatic carbocycles. The Labute approximate surface area is 167 Å². The van der Waals surface area contributed by atoms with E-state index in [0.717, 1.165) is 5.56 Å². The first-order valence-electron chi connectivity index (χ1n) is 8.61. The predicted molar refractivity (Wildman–Crippen MR) is 110 cm³/mol. The van der Waals surface area contributed by atoms with E-state index < -0.39 is 12.6 Å². The van der Waals surface area contributed by atoms with Gasteiger partial charge in [-0.15, -0.1) is 0 Å². The lowest BCUT2D eigenvalue weighted by Crippen LogP contribution is -2.14. The third-order valence-corrected chi connectivity index (χ3v) is 4.52. The molecular formula is C22H18ClFN2O2. The predicted octanol–water partition coefficient (Wildman–Crippen LogP) is 5.53. The minimum Gasteiger partial charge on any atom is -0.354 e. The van der Waals surface area contributed by atoms with Crippen LogP contribution in [-0.2, 0) is 4.79 Å². The molecule has 0 aromatic heterocycles. The fourth-order valence-electron chi connectivity index (χ4n) is 2.79. The molecule has 28 heavy (non-hydrogen) atoms. The summed E-state index contributed by atoms with van der Waals surface area (Å²) in [6.07, 6.45) is 0. The van der Waals surface area contributed by atoms with E-state index in [1.807, 2.05) is 25.1 Å². The molecule has 3 rings (SSSR count). The molecular weight excluding hydrogens is 379 g/mol. The van der Waals surface area contributed by atoms with Crippen LogP contribution in [0.2, 0.25) is 5.02 Å². The quantitative estimate of drug-likeness (QED) is 0.538. The molecule has 142 valence electrons. The van der Waals surface area contributed by atoms with Crippen LogP contribution in [0.3, 0.4) is 0 Å². The second-order valence-electron chi connectivity index (χ2n) is 6.19. The van der Waals surface area contributed by atoms with E-state index in [1.165, 1.54) is 0 Å². The molecule has 0 radical (unpaired) electrons. The standard InChI is InChI=1S/C22H18ClFN2O2/c1-14-6-2-3-7-16(14)22(28)17-11-10-15(12-18(17)23)25-19-8-4-5-9-20(19)26-21(27)13-24/h2-12,25H,13H2,1H3,(H,26,27). The van der Waals surface area contributed by atoms with Crippen molar-refractivity contribution >= 4 is 40.4 Å². The van der Waals surface area contributed by atoms with Crippen molar-refractivity contribution in [3.63, 3.8) is 0 Å². The summed E-state index contributed by atoms with van der Waals surface area (Å²) in [4.78, 5) is 24.1. The number of aryl methyl sites for hydroxylation is 1. The molecule has 0 heterocycles. The zero-order chi connectivity index (χ0) is 20.1. The lowest BCUT2D eigenvalue weighted by molar-refractivity contribution is -0.117. The first-order valence-corrected chi connectivity index (χ1v) is 8.99. The van der Waals surface area contributed by atoms with Crippen molar-refractivity contribution in [3.05, 3.63) is 88.4 Å². The number of para-hydroxylation sites is 2. The summed E-state index contributed by atoms with van der Waals surface area (Å²) in [5, 5.41) is 5.92. The van der Waals surface area contributed by atoms with E-state index in [0.29, 0.717) is 33.2 Å². The third kappa shape index (κ3) is 4.38. The number of halogens is 2. The Bertz CT molecular complexity index is 1040. The first kappa shape index (κ1) is 19.6.